The van der Waals surface area contributed by atoms with E-state index in [1.807, 2.05) is 0 Å². The standard InChI is InChI=1S/C15H7ClF3NO/c16-7-1-4-12-9(5-7)10(6-20-12)15(21)8-2-3-11(17)14(19)13(8)18/h1-6,20H. The second kappa shape index (κ2) is 4.93. The lowest BCUT2D eigenvalue weighted by Crippen LogP contribution is -2.06. The molecule has 2 nitrogen and oxygen atoms in total. The van der Waals surface area contributed by atoms with Crippen LogP contribution in [0.5, 0.6) is 0 Å². The first-order valence-electron chi connectivity index (χ1n) is 5.94. The van der Waals surface area contributed by atoms with Gasteiger partial charge in [0.15, 0.2) is 23.2 Å². The number of benzene rings is 2. The van der Waals surface area contributed by atoms with Crippen LogP contribution in [0.15, 0.2) is 36.5 Å². The first-order chi connectivity index (χ1) is 9.99. The Morgan fingerprint density at radius 1 is 1.00 bits per heavy atom. The van der Waals surface area contributed by atoms with Gasteiger partial charge in [-0.1, -0.05) is 11.6 Å². The molecule has 21 heavy (non-hydrogen) atoms. The van der Waals surface area contributed by atoms with Gasteiger partial charge in [-0.3, -0.25) is 4.79 Å². The molecule has 1 heterocycles. The number of aromatic nitrogens is 1. The predicted octanol–water partition coefficient (Wildman–Crippen LogP) is 4.47. The van der Waals surface area contributed by atoms with E-state index in [-0.39, 0.29) is 5.56 Å². The Labute approximate surface area is 122 Å². The molecule has 0 aliphatic rings. The fraction of sp³-hybridized carbons (Fsp3) is 0. The first kappa shape index (κ1) is 13.7. The van der Waals surface area contributed by atoms with Gasteiger partial charge in [-0.25, -0.2) is 13.2 Å². The molecule has 6 heteroatoms. The van der Waals surface area contributed by atoms with Gasteiger partial charge in [-0.2, -0.15) is 0 Å². The highest BCUT2D eigenvalue weighted by Gasteiger charge is 2.22. The molecule has 0 fully saturated rings. The average Bonchev–Trinajstić information content (AvgIpc) is 2.87. The van der Waals surface area contributed by atoms with E-state index < -0.39 is 28.8 Å². The van der Waals surface area contributed by atoms with Crippen molar-refractivity contribution in [3.05, 3.63) is 70.1 Å². The Bertz CT molecular complexity index is 873. The maximum absolute atomic E-state index is 13.7. The van der Waals surface area contributed by atoms with Crippen molar-refractivity contribution in [3.8, 4) is 0 Å². The summed E-state index contributed by atoms with van der Waals surface area (Å²) in [6.45, 7) is 0. The molecule has 3 rings (SSSR count). The molecule has 0 spiro atoms. The lowest BCUT2D eigenvalue weighted by atomic mass is 10.0. The zero-order valence-corrected chi connectivity index (χ0v) is 11.1. The van der Waals surface area contributed by atoms with E-state index in [4.69, 9.17) is 11.6 Å². The number of rotatable bonds is 2. The van der Waals surface area contributed by atoms with Crippen molar-refractivity contribution in [2.75, 3.05) is 0 Å². The first-order valence-corrected chi connectivity index (χ1v) is 6.31. The highest BCUT2D eigenvalue weighted by atomic mass is 35.5. The topological polar surface area (TPSA) is 32.9 Å². The number of hydrogen-bond donors (Lipinski definition) is 1. The predicted molar refractivity (Wildman–Crippen MR) is 73.1 cm³/mol. The number of hydrogen-bond acceptors (Lipinski definition) is 1. The molecule has 106 valence electrons. The minimum atomic E-state index is -1.67. The summed E-state index contributed by atoms with van der Waals surface area (Å²) in [4.78, 5) is 15.2. The minimum Gasteiger partial charge on any atom is -0.360 e. The van der Waals surface area contributed by atoms with Crippen LogP contribution >= 0.6 is 11.6 Å². The maximum atomic E-state index is 13.7. The van der Waals surface area contributed by atoms with Crippen LogP contribution in [0.3, 0.4) is 0 Å². The normalized spacial score (nSPS) is 11.0. The Balaban J connectivity index is 2.17. The van der Waals surface area contributed by atoms with Crippen molar-refractivity contribution in [3.63, 3.8) is 0 Å². The van der Waals surface area contributed by atoms with Crippen LogP contribution in [0.1, 0.15) is 15.9 Å². The maximum Gasteiger partial charge on any atom is 0.198 e. The lowest BCUT2D eigenvalue weighted by molar-refractivity contribution is 0.103. The Morgan fingerprint density at radius 2 is 1.76 bits per heavy atom. The summed E-state index contributed by atoms with van der Waals surface area (Å²) in [7, 11) is 0. The van der Waals surface area contributed by atoms with Crippen molar-refractivity contribution in [2.24, 2.45) is 0 Å². The number of H-pyrrole nitrogens is 1. The summed E-state index contributed by atoms with van der Waals surface area (Å²) in [6.07, 6.45) is 1.38. The molecule has 3 aromatic rings. The van der Waals surface area contributed by atoms with Crippen LogP contribution in [-0.2, 0) is 0 Å². The summed E-state index contributed by atoms with van der Waals surface area (Å²) in [5.74, 6) is -5.26. The van der Waals surface area contributed by atoms with E-state index in [0.717, 1.165) is 6.07 Å². The molecule has 0 radical (unpaired) electrons. The van der Waals surface area contributed by atoms with Gasteiger partial charge in [0.25, 0.3) is 0 Å². The average molecular weight is 310 g/mol. The van der Waals surface area contributed by atoms with Crippen LogP contribution in [0.4, 0.5) is 13.2 Å². The summed E-state index contributed by atoms with van der Waals surface area (Å²) in [5.41, 5.74) is 0.234. The molecule has 0 amide bonds. The Kier molecular flexibility index (Phi) is 3.22. The summed E-state index contributed by atoms with van der Waals surface area (Å²) < 4.78 is 39.9. The molecule has 0 atom stereocenters. The molecule has 0 saturated carbocycles. The second-order valence-corrected chi connectivity index (χ2v) is 4.88. The molecule has 0 unspecified atom stereocenters. The number of halogens is 4. The van der Waals surface area contributed by atoms with Crippen LogP contribution in [0, 0.1) is 17.5 Å². The van der Waals surface area contributed by atoms with Gasteiger partial charge in [0.1, 0.15) is 0 Å². The SMILES string of the molecule is O=C(c1ccc(F)c(F)c1F)c1c[nH]c2ccc(Cl)cc12. The van der Waals surface area contributed by atoms with Gasteiger partial charge in [0.05, 0.1) is 5.56 Å². The molecular weight excluding hydrogens is 303 g/mol. The largest absolute Gasteiger partial charge is 0.360 e. The number of ketones is 1. The van der Waals surface area contributed by atoms with Crippen LogP contribution in [0.2, 0.25) is 5.02 Å². The number of carbonyl (C=O) groups is 1. The van der Waals surface area contributed by atoms with E-state index >= 15 is 0 Å². The number of aromatic amines is 1. The quantitative estimate of drug-likeness (QED) is 0.550. The smallest absolute Gasteiger partial charge is 0.198 e. The molecule has 0 aliphatic carbocycles. The molecule has 1 N–H and O–H groups in total. The van der Waals surface area contributed by atoms with Gasteiger partial charge in [-0.15, -0.1) is 0 Å². The van der Waals surface area contributed by atoms with Crippen LogP contribution < -0.4 is 0 Å². The molecule has 2 aromatic carbocycles. The number of nitrogens with one attached hydrogen (secondary N) is 1. The van der Waals surface area contributed by atoms with Gasteiger partial charge >= 0.3 is 0 Å². The molecular formula is C15H7ClF3NO. The summed E-state index contributed by atoms with van der Waals surface area (Å²) in [5, 5.41) is 0.888. The number of carbonyl (C=O) groups excluding carboxylic acids is 1. The van der Waals surface area contributed by atoms with Crippen molar-refractivity contribution in [2.45, 2.75) is 0 Å². The third-order valence-corrected chi connectivity index (χ3v) is 3.40. The third-order valence-electron chi connectivity index (χ3n) is 3.17. The monoisotopic (exact) mass is 309 g/mol. The van der Waals surface area contributed by atoms with E-state index in [1.165, 1.54) is 6.20 Å². The fourth-order valence-electron chi connectivity index (χ4n) is 2.13. The highest BCUT2D eigenvalue weighted by molar-refractivity contribution is 6.31. The van der Waals surface area contributed by atoms with Gasteiger partial charge < -0.3 is 4.98 Å². The Morgan fingerprint density at radius 3 is 2.52 bits per heavy atom. The van der Waals surface area contributed by atoms with Crippen LogP contribution in [-0.4, -0.2) is 10.8 Å². The van der Waals surface area contributed by atoms with E-state index in [2.05, 4.69) is 4.98 Å². The lowest BCUT2D eigenvalue weighted by Gasteiger charge is -2.03. The van der Waals surface area contributed by atoms with E-state index in [1.54, 1.807) is 18.2 Å². The highest BCUT2D eigenvalue weighted by Crippen LogP contribution is 2.26. The molecule has 0 saturated heterocycles. The van der Waals surface area contributed by atoms with Gasteiger partial charge in [0.2, 0.25) is 0 Å². The summed E-state index contributed by atoms with van der Waals surface area (Å²) in [6, 6.07) is 6.47. The van der Waals surface area contributed by atoms with Gasteiger partial charge in [-0.05, 0) is 30.3 Å². The van der Waals surface area contributed by atoms with Gasteiger partial charge in [0, 0.05) is 27.7 Å². The zero-order valence-electron chi connectivity index (χ0n) is 10.4. The number of fused-ring (bicyclic) bond motifs is 1. The van der Waals surface area contributed by atoms with E-state index in [0.29, 0.717) is 22.0 Å². The van der Waals surface area contributed by atoms with Crippen molar-refractivity contribution in [1.29, 1.82) is 0 Å². The molecule has 0 bridgehead atoms. The second-order valence-electron chi connectivity index (χ2n) is 4.44. The zero-order chi connectivity index (χ0) is 15.1. The summed E-state index contributed by atoms with van der Waals surface area (Å²) >= 11 is 5.87. The van der Waals surface area contributed by atoms with Crippen molar-refractivity contribution in [1.82, 2.24) is 4.98 Å². The molecule has 0 aliphatic heterocycles. The fourth-order valence-corrected chi connectivity index (χ4v) is 2.30. The minimum absolute atomic E-state index is 0.136. The third kappa shape index (κ3) is 2.19. The Hall–Kier alpha value is -2.27. The van der Waals surface area contributed by atoms with Crippen molar-refractivity contribution >= 4 is 28.3 Å². The van der Waals surface area contributed by atoms with Crippen LogP contribution in [0.25, 0.3) is 10.9 Å². The molecule has 1 aromatic heterocycles. The van der Waals surface area contributed by atoms with Crippen molar-refractivity contribution < 1.29 is 18.0 Å². The van der Waals surface area contributed by atoms with E-state index in [9.17, 15) is 18.0 Å².